The predicted octanol–water partition coefficient (Wildman–Crippen LogP) is 5.19. The highest BCUT2D eigenvalue weighted by atomic mass is 31.2. The monoisotopic (exact) mass is 342 g/mol. The Labute approximate surface area is 140 Å². The Morgan fingerprint density at radius 1 is 0.870 bits per heavy atom. The van der Waals surface area contributed by atoms with E-state index >= 15 is 0 Å². The van der Waals surface area contributed by atoms with Crippen LogP contribution in [0, 0.1) is 0 Å². The predicted molar refractivity (Wildman–Crippen MR) is 95.0 cm³/mol. The maximum Gasteiger partial charge on any atom is 0.524 e. The molecule has 0 amide bonds. The lowest BCUT2D eigenvalue weighted by Gasteiger charge is -2.19. The van der Waals surface area contributed by atoms with Crippen molar-refractivity contribution in [2.45, 2.75) is 78.6 Å². The van der Waals surface area contributed by atoms with Gasteiger partial charge in [-0.1, -0.05) is 46.1 Å². The van der Waals surface area contributed by atoms with E-state index < -0.39 is 7.82 Å². The van der Waals surface area contributed by atoms with Crippen molar-refractivity contribution in [3.8, 4) is 5.75 Å². The van der Waals surface area contributed by atoms with Gasteiger partial charge >= 0.3 is 7.82 Å². The van der Waals surface area contributed by atoms with Gasteiger partial charge in [-0.2, -0.15) is 0 Å². The molecule has 0 heterocycles. The van der Waals surface area contributed by atoms with Crippen LogP contribution in [-0.2, 0) is 23.8 Å². The van der Waals surface area contributed by atoms with Gasteiger partial charge in [-0.3, -0.25) is 9.79 Å². The van der Waals surface area contributed by atoms with Gasteiger partial charge in [0.05, 0.1) is 0 Å². The molecule has 0 aliphatic heterocycles. The van der Waals surface area contributed by atoms with Crippen LogP contribution in [0.4, 0.5) is 0 Å². The van der Waals surface area contributed by atoms with Crippen LogP contribution >= 0.6 is 7.82 Å². The number of phosphoric ester groups is 1. The maximum atomic E-state index is 11.3. The number of benzene rings is 1. The second kappa shape index (κ2) is 10.1. The van der Waals surface area contributed by atoms with Crippen LogP contribution < -0.4 is 4.52 Å². The summed E-state index contributed by atoms with van der Waals surface area (Å²) in [6.45, 7) is 6.46. The highest BCUT2D eigenvalue weighted by molar-refractivity contribution is 7.46. The summed E-state index contributed by atoms with van der Waals surface area (Å²) in [6, 6.07) is 3.73. The summed E-state index contributed by atoms with van der Waals surface area (Å²) in [4.78, 5) is 18.4. The van der Waals surface area contributed by atoms with Gasteiger partial charge in [-0.25, -0.2) is 4.57 Å². The van der Waals surface area contributed by atoms with E-state index in [-0.39, 0.29) is 0 Å². The van der Waals surface area contributed by atoms with Crippen molar-refractivity contribution >= 4 is 7.82 Å². The third-order valence-electron chi connectivity index (χ3n) is 4.06. The molecule has 1 aromatic carbocycles. The zero-order valence-electron chi connectivity index (χ0n) is 14.7. The second-order valence-corrected chi connectivity index (χ2v) is 7.24. The third kappa shape index (κ3) is 7.07. The van der Waals surface area contributed by atoms with Gasteiger partial charge < -0.3 is 4.52 Å². The third-order valence-corrected chi connectivity index (χ3v) is 4.50. The molecule has 1 rings (SSSR count). The van der Waals surface area contributed by atoms with Crippen LogP contribution in [0.2, 0.25) is 0 Å². The van der Waals surface area contributed by atoms with Crippen molar-refractivity contribution in [1.29, 1.82) is 0 Å². The molecule has 0 bridgehead atoms. The topological polar surface area (TPSA) is 66.8 Å². The zero-order chi connectivity index (χ0) is 17.3. The normalized spacial score (nSPS) is 11.7. The van der Waals surface area contributed by atoms with Crippen molar-refractivity contribution < 1.29 is 18.9 Å². The largest absolute Gasteiger partial charge is 0.524 e. The maximum absolute atomic E-state index is 11.3. The average Bonchev–Trinajstić information content (AvgIpc) is 2.49. The highest BCUT2D eigenvalue weighted by Crippen LogP contribution is 2.41. The van der Waals surface area contributed by atoms with E-state index in [0.29, 0.717) is 5.75 Å². The molecule has 5 heteroatoms. The highest BCUT2D eigenvalue weighted by Gasteiger charge is 2.21. The van der Waals surface area contributed by atoms with E-state index in [1.807, 2.05) is 6.07 Å². The van der Waals surface area contributed by atoms with Gasteiger partial charge in [-0.05, 0) is 61.3 Å². The Kier molecular flexibility index (Phi) is 8.90. The smallest absolute Gasteiger partial charge is 0.404 e. The number of rotatable bonds is 11. The van der Waals surface area contributed by atoms with Crippen LogP contribution in [0.5, 0.6) is 5.75 Å². The molecule has 0 radical (unpaired) electrons. The Morgan fingerprint density at radius 3 is 1.91 bits per heavy atom. The zero-order valence-corrected chi connectivity index (χ0v) is 15.6. The fraction of sp³-hybridized carbons (Fsp3) is 0.667. The molecule has 0 aliphatic carbocycles. The van der Waals surface area contributed by atoms with E-state index in [4.69, 9.17) is 4.52 Å². The van der Waals surface area contributed by atoms with Crippen LogP contribution in [0.15, 0.2) is 12.1 Å². The standard InChI is InChI=1S/C18H31O4P/c1-4-7-10-15-13-14-18(22-23(19,20)21)17(12-9-6-3)16(15)11-8-5-2/h13-14H,4-12H2,1-3H3,(H2,19,20,21). The van der Waals surface area contributed by atoms with Crippen LogP contribution in [-0.4, -0.2) is 9.79 Å². The Balaban J connectivity index is 3.26. The second-order valence-electron chi connectivity index (χ2n) is 6.07. The van der Waals surface area contributed by atoms with Crippen molar-refractivity contribution in [2.24, 2.45) is 0 Å². The molecule has 23 heavy (non-hydrogen) atoms. The van der Waals surface area contributed by atoms with Gasteiger partial charge in [0.15, 0.2) is 0 Å². The van der Waals surface area contributed by atoms with Gasteiger partial charge in [0.1, 0.15) is 5.75 Å². The van der Waals surface area contributed by atoms with E-state index in [1.54, 1.807) is 6.07 Å². The fourth-order valence-electron chi connectivity index (χ4n) is 2.83. The van der Waals surface area contributed by atoms with Crippen LogP contribution in [0.1, 0.15) is 76.0 Å². The number of hydrogen-bond acceptors (Lipinski definition) is 2. The first-order valence-corrected chi connectivity index (χ1v) is 10.3. The average molecular weight is 342 g/mol. The Bertz CT molecular complexity index is 522. The van der Waals surface area contributed by atoms with Crippen molar-refractivity contribution in [3.63, 3.8) is 0 Å². The molecule has 0 aromatic heterocycles. The van der Waals surface area contributed by atoms with Crippen molar-refractivity contribution in [3.05, 3.63) is 28.8 Å². The quantitative estimate of drug-likeness (QED) is 0.543. The van der Waals surface area contributed by atoms with Crippen LogP contribution in [0.3, 0.4) is 0 Å². The number of hydrogen-bond donors (Lipinski definition) is 2. The Hall–Kier alpha value is -0.830. The fourth-order valence-corrected chi connectivity index (χ4v) is 3.26. The number of unbranched alkanes of at least 4 members (excludes halogenated alkanes) is 3. The van der Waals surface area contributed by atoms with Crippen LogP contribution in [0.25, 0.3) is 0 Å². The molecule has 1 aromatic rings. The van der Waals surface area contributed by atoms with Gasteiger partial charge in [0.25, 0.3) is 0 Å². The van der Waals surface area contributed by atoms with E-state index in [2.05, 4.69) is 20.8 Å². The molecule has 2 N–H and O–H groups in total. The van der Waals surface area contributed by atoms with Gasteiger partial charge in [0.2, 0.25) is 0 Å². The molecule has 0 saturated carbocycles. The van der Waals surface area contributed by atoms with E-state index in [0.717, 1.165) is 63.4 Å². The molecule has 0 saturated heterocycles. The molecule has 132 valence electrons. The molecule has 4 nitrogen and oxygen atoms in total. The first-order chi connectivity index (χ1) is 10.9. The molecule has 0 unspecified atom stereocenters. The lowest BCUT2D eigenvalue weighted by molar-refractivity contribution is 0.282. The molecular formula is C18H31O4P. The minimum Gasteiger partial charge on any atom is -0.404 e. The first kappa shape index (κ1) is 20.2. The van der Waals surface area contributed by atoms with Crippen molar-refractivity contribution in [1.82, 2.24) is 0 Å². The summed E-state index contributed by atoms with van der Waals surface area (Å²) in [7, 11) is -4.53. The summed E-state index contributed by atoms with van der Waals surface area (Å²) < 4.78 is 16.3. The molecule has 0 aliphatic rings. The summed E-state index contributed by atoms with van der Waals surface area (Å²) in [5.41, 5.74) is 3.56. The van der Waals surface area contributed by atoms with Gasteiger partial charge in [0, 0.05) is 0 Å². The summed E-state index contributed by atoms with van der Waals surface area (Å²) in [5, 5.41) is 0. The summed E-state index contributed by atoms with van der Waals surface area (Å²) >= 11 is 0. The molecule has 0 atom stereocenters. The van der Waals surface area contributed by atoms with Gasteiger partial charge in [-0.15, -0.1) is 0 Å². The molecule has 0 fully saturated rings. The van der Waals surface area contributed by atoms with E-state index in [9.17, 15) is 14.4 Å². The lowest BCUT2D eigenvalue weighted by Crippen LogP contribution is -2.05. The SMILES string of the molecule is CCCCc1ccc(OP(=O)(O)O)c(CCCC)c1CCCC. The molecular weight excluding hydrogens is 311 g/mol. The minimum atomic E-state index is -4.53. The first-order valence-electron chi connectivity index (χ1n) is 8.81. The minimum absolute atomic E-state index is 0.359. The summed E-state index contributed by atoms with van der Waals surface area (Å²) in [6.07, 6.45) is 9.27. The molecule has 0 spiro atoms. The lowest BCUT2D eigenvalue weighted by atomic mass is 9.90. The number of aryl methyl sites for hydroxylation is 1. The van der Waals surface area contributed by atoms with Crippen molar-refractivity contribution in [2.75, 3.05) is 0 Å². The number of phosphoric acid groups is 1. The Morgan fingerprint density at radius 2 is 1.39 bits per heavy atom. The summed E-state index contributed by atoms with van der Waals surface area (Å²) in [5.74, 6) is 0.359. The van der Waals surface area contributed by atoms with E-state index in [1.165, 1.54) is 11.1 Å².